The van der Waals surface area contributed by atoms with Gasteiger partial charge in [0.2, 0.25) is 0 Å². The number of allylic oxidation sites excluding steroid dienone is 2. The molecule has 0 saturated heterocycles. The van der Waals surface area contributed by atoms with E-state index in [-0.39, 0.29) is 0 Å². The molecule has 0 aromatic rings. The first-order chi connectivity index (χ1) is 5.43. The quantitative estimate of drug-likeness (QED) is 0.413. The van der Waals surface area contributed by atoms with E-state index in [0.29, 0.717) is 0 Å². The van der Waals surface area contributed by atoms with Crippen LogP contribution in [0.3, 0.4) is 0 Å². The zero-order valence-corrected chi connectivity index (χ0v) is 7.68. The number of hydrogen-bond acceptors (Lipinski definition) is 0. The highest BCUT2D eigenvalue weighted by molar-refractivity contribution is 4.95. The smallest absolute Gasteiger partial charge is 0.0231 e. The first-order valence-electron chi connectivity index (χ1n) is 5.10. The van der Waals surface area contributed by atoms with E-state index in [4.69, 9.17) is 0 Å². The van der Waals surface area contributed by atoms with E-state index in [0.717, 1.165) is 5.92 Å². The topological polar surface area (TPSA) is 0 Å². The molecule has 0 heterocycles. The van der Waals surface area contributed by atoms with Gasteiger partial charge >= 0.3 is 0 Å². The predicted octanol–water partition coefficient (Wildman–Crippen LogP) is 3.92. The Morgan fingerprint density at radius 1 is 1.27 bits per heavy atom. The van der Waals surface area contributed by atoms with Gasteiger partial charge < -0.3 is 0 Å². The molecule has 0 aromatic heterocycles. The molecule has 0 nitrogen and oxygen atoms in total. The monoisotopic (exact) mass is 152 g/mol. The fraction of sp³-hybridized carbons (Fsp3) is 0.818. The van der Waals surface area contributed by atoms with E-state index in [1.807, 2.05) is 0 Å². The molecule has 11 heavy (non-hydrogen) atoms. The fourth-order valence-corrected chi connectivity index (χ4v) is 1.77. The van der Waals surface area contributed by atoms with Gasteiger partial charge in [-0.1, -0.05) is 44.8 Å². The lowest BCUT2D eigenvalue weighted by Gasteiger charge is -2.05. The molecule has 0 bridgehead atoms. The summed E-state index contributed by atoms with van der Waals surface area (Å²) in [7, 11) is 0. The molecule has 0 radical (unpaired) electrons. The van der Waals surface area contributed by atoms with Crippen molar-refractivity contribution in [2.45, 2.75) is 51.9 Å². The molecular weight excluding hydrogens is 132 g/mol. The lowest BCUT2D eigenvalue weighted by atomic mass is 10.0. The van der Waals surface area contributed by atoms with Crippen LogP contribution < -0.4 is 0 Å². The Hall–Kier alpha value is -0.260. The molecule has 0 aromatic carbocycles. The van der Waals surface area contributed by atoms with Gasteiger partial charge in [-0.05, 0) is 25.2 Å². The van der Waals surface area contributed by atoms with Crippen LogP contribution in [0.2, 0.25) is 0 Å². The van der Waals surface area contributed by atoms with Gasteiger partial charge in [-0.3, -0.25) is 0 Å². The Labute approximate surface area is 70.7 Å². The van der Waals surface area contributed by atoms with Crippen molar-refractivity contribution < 1.29 is 0 Å². The molecule has 0 heteroatoms. The Morgan fingerprint density at radius 3 is 2.82 bits per heavy atom. The standard InChI is InChI=1S/C11H20/c1-2-3-4-5-8-11-9-6-7-10-11/h6,9,11H,2-5,7-8,10H2,1H3. The minimum Gasteiger partial charge on any atom is -0.0882 e. The molecule has 1 unspecified atom stereocenters. The third-order valence-corrected chi connectivity index (χ3v) is 2.54. The van der Waals surface area contributed by atoms with Gasteiger partial charge in [0.05, 0.1) is 0 Å². The second-order valence-corrected chi connectivity index (χ2v) is 3.61. The van der Waals surface area contributed by atoms with Crippen molar-refractivity contribution in [1.29, 1.82) is 0 Å². The molecule has 0 N–H and O–H groups in total. The number of rotatable bonds is 5. The van der Waals surface area contributed by atoms with Crippen molar-refractivity contribution in [2.75, 3.05) is 0 Å². The largest absolute Gasteiger partial charge is 0.0882 e. The Kier molecular flexibility index (Phi) is 4.33. The molecule has 1 aliphatic rings. The van der Waals surface area contributed by atoms with Gasteiger partial charge in [0.1, 0.15) is 0 Å². The molecule has 64 valence electrons. The summed E-state index contributed by atoms with van der Waals surface area (Å²) < 4.78 is 0. The molecule has 0 fully saturated rings. The van der Waals surface area contributed by atoms with Crippen LogP contribution >= 0.6 is 0 Å². The summed E-state index contributed by atoms with van der Waals surface area (Å²) in [4.78, 5) is 0. The van der Waals surface area contributed by atoms with Gasteiger partial charge in [0, 0.05) is 0 Å². The van der Waals surface area contributed by atoms with Gasteiger partial charge in [-0.2, -0.15) is 0 Å². The van der Waals surface area contributed by atoms with Crippen molar-refractivity contribution in [2.24, 2.45) is 5.92 Å². The van der Waals surface area contributed by atoms with Crippen molar-refractivity contribution >= 4 is 0 Å². The predicted molar refractivity (Wildman–Crippen MR) is 50.6 cm³/mol. The fourth-order valence-electron chi connectivity index (χ4n) is 1.77. The maximum absolute atomic E-state index is 2.41. The lowest BCUT2D eigenvalue weighted by molar-refractivity contribution is 0.523. The van der Waals surface area contributed by atoms with Crippen molar-refractivity contribution in [3.63, 3.8) is 0 Å². The average molecular weight is 152 g/mol. The Bertz CT molecular complexity index is 113. The minimum atomic E-state index is 0.937. The van der Waals surface area contributed by atoms with E-state index in [1.165, 1.54) is 44.9 Å². The SMILES string of the molecule is CCCCCCC1C=CCC1. The van der Waals surface area contributed by atoms with E-state index < -0.39 is 0 Å². The van der Waals surface area contributed by atoms with Crippen LogP contribution in [0.25, 0.3) is 0 Å². The maximum Gasteiger partial charge on any atom is -0.0231 e. The first kappa shape index (κ1) is 8.83. The van der Waals surface area contributed by atoms with Crippen LogP contribution in [0.1, 0.15) is 51.9 Å². The molecule has 0 spiro atoms. The van der Waals surface area contributed by atoms with Crippen LogP contribution in [-0.2, 0) is 0 Å². The summed E-state index contributed by atoms with van der Waals surface area (Å²) in [6.45, 7) is 2.27. The molecule has 0 amide bonds. The summed E-state index contributed by atoms with van der Waals surface area (Å²) in [5.74, 6) is 0.937. The third kappa shape index (κ3) is 3.60. The third-order valence-electron chi connectivity index (χ3n) is 2.54. The van der Waals surface area contributed by atoms with Crippen molar-refractivity contribution in [3.8, 4) is 0 Å². The van der Waals surface area contributed by atoms with Crippen LogP contribution in [-0.4, -0.2) is 0 Å². The zero-order valence-electron chi connectivity index (χ0n) is 7.68. The average Bonchev–Trinajstić information content (AvgIpc) is 2.50. The molecule has 0 aliphatic heterocycles. The van der Waals surface area contributed by atoms with Gasteiger partial charge in [-0.25, -0.2) is 0 Å². The number of hydrogen-bond donors (Lipinski definition) is 0. The molecule has 1 rings (SSSR count). The second kappa shape index (κ2) is 5.40. The minimum absolute atomic E-state index is 0.937. The van der Waals surface area contributed by atoms with Gasteiger partial charge in [-0.15, -0.1) is 0 Å². The second-order valence-electron chi connectivity index (χ2n) is 3.61. The van der Waals surface area contributed by atoms with Crippen LogP contribution in [0.4, 0.5) is 0 Å². The van der Waals surface area contributed by atoms with Crippen LogP contribution in [0.15, 0.2) is 12.2 Å². The van der Waals surface area contributed by atoms with E-state index in [1.54, 1.807) is 0 Å². The summed E-state index contributed by atoms with van der Waals surface area (Å²) in [5.41, 5.74) is 0. The lowest BCUT2D eigenvalue weighted by Crippen LogP contribution is -1.90. The zero-order chi connectivity index (χ0) is 7.94. The summed E-state index contributed by atoms with van der Waals surface area (Å²) in [6, 6.07) is 0. The molecular formula is C11H20. The summed E-state index contributed by atoms with van der Waals surface area (Å²) in [5, 5.41) is 0. The highest BCUT2D eigenvalue weighted by Gasteiger charge is 2.07. The van der Waals surface area contributed by atoms with Crippen LogP contribution in [0.5, 0.6) is 0 Å². The van der Waals surface area contributed by atoms with Crippen molar-refractivity contribution in [1.82, 2.24) is 0 Å². The maximum atomic E-state index is 2.41. The Balaban J connectivity index is 1.90. The molecule has 1 aliphatic carbocycles. The highest BCUT2D eigenvalue weighted by atomic mass is 14.1. The van der Waals surface area contributed by atoms with Crippen LogP contribution in [0, 0.1) is 5.92 Å². The highest BCUT2D eigenvalue weighted by Crippen LogP contribution is 2.22. The summed E-state index contributed by atoms with van der Waals surface area (Å²) in [6.07, 6.45) is 14.6. The van der Waals surface area contributed by atoms with E-state index in [9.17, 15) is 0 Å². The van der Waals surface area contributed by atoms with Crippen molar-refractivity contribution in [3.05, 3.63) is 12.2 Å². The molecule has 1 atom stereocenters. The van der Waals surface area contributed by atoms with E-state index >= 15 is 0 Å². The summed E-state index contributed by atoms with van der Waals surface area (Å²) >= 11 is 0. The Morgan fingerprint density at radius 2 is 2.18 bits per heavy atom. The first-order valence-corrected chi connectivity index (χ1v) is 5.10. The van der Waals surface area contributed by atoms with Gasteiger partial charge in [0.15, 0.2) is 0 Å². The van der Waals surface area contributed by atoms with Gasteiger partial charge in [0.25, 0.3) is 0 Å². The number of unbranched alkanes of at least 4 members (excludes halogenated alkanes) is 3. The molecule has 0 saturated carbocycles. The van der Waals surface area contributed by atoms with E-state index in [2.05, 4.69) is 19.1 Å². The normalized spacial score (nSPS) is 22.8.